The van der Waals surface area contributed by atoms with Crippen molar-refractivity contribution in [1.29, 1.82) is 0 Å². The summed E-state index contributed by atoms with van der Waals surface area (Å²) in [6, 6.07) is 22.1. The Balaban J connectivity index is 1.60. The highest BCUT2D eigenvalue weighted by Crippen LogP contribution is 2.43. The highest BCUT2D eigenvalue weighted by atomic mass is 16.3. The zero-order valence-corrected chi connectivity index (χ0v) is 17.3. The number of aliphatic hydroxyl groups is 1. The van der Waals surface area contributed by atoms with Gasteiger partial charge < -0.3 is 15.8 Å². The number of aryl methyl sites for hydroxylation is 1. The highest BCUT2D eigenvalue weighted by Gasteiger charge is 2.49. The maximum absolute atomic E-state index is 13.3. The van der Waals surface area contributed by atoms with Gasteiger partial charge in [-0.3, -0.25) is 14.5 Å². The number of nitrogens with one attached hydrogen (secondary N) is 1. The van der Waals surface area contributed by atoms with Crippen LogP contribution in [0.3, 0.4) is 0 Å². The molecule has 32 heavy (non-hydrogen) atoms. The molecule has 4 aromatic rings. The average molecular weight is 426 g/mol. The first-order valence-corrected chi connectivity index (χ1v) is 10.4. The second-order valence-corrected chi connectivity index (χ2v) is 7.98. The lowest BCUT2D eigenvalue weighted by molar-refractivity contribution is -0.118. The van der Waals surface area contributed by atoms with E-state index in [1.807, 2.05) is 42.5 Å². The molecule has 2 amide bonds. The molecule has 1 aromatic heterocycles. The first-order valence-electron chi connectivity index (χ1n) is 10.4. The van der Waals surface area contributed by atoms with Crippen molar-refractivity contribution in [2.45, 2.75) is 25.1 Å². The fourth-order valence-corrected chi connectivity index (χ4v) is 4.31. The van der Waals surface area contributed by atoms with Gasteiger partial charge in [0.1, 0.15) is 5.82 Å². The van der Waals surface area contributed by atoms with Crippen molar-refractivity contribution in [2.24, 2.45) is 5.73 Å². The van der Waals surface area contributed by atoms with Crippen LogP contribution < -0.4 is 5.73 Å². The monoisotopic (exact) mass is 426 g/mol. The number of H-pyrrole nitrogens is 1. The normalized spacial score (nSPS) is 17.7. The Labute approximate surface area is 184 Å². The Morgan fingerprint density at radius 1 is 1.06 bits per heavy atom. The molecule has 0 aliphatic carbocycles. The van der Waals surface area contributed by atoms with E-state index < -0.39 is 11.6 Å². The molecular weight excluding hydrogens is 404 g/mol. The quantitative estimate of drug-likeness (QED) is 0.440. The van der Waals surface area contributed by atoms with Crippen molar-refractivity contribution in [1.82, 2.24) is 14.9 Å². The number of benzene rings is 3. The van der Waals surface area contributed by atoms with Crippen molar-refractivity contribution in [3.63, 3.8) is 0 Å². The topological polar surface area (TPSA) is 112 Å². The number of aromatic nitrogens is 2. The fraction of sp³-hybridized carbons (Fsp3) is 0.160. The summed E-state index contributed by atoms with van der Waals surface area (Å²) < 4.78 is 0. The van der Waals surface area contributed by atoms with Crippen LogP contribution in [0.2, 0.25) is 0 Å². The van der Waals surface area contributed by atoms with Crippen molar-refractivity contribution in [3.8, 4) is 0 Å². The third-order valence-corrected chi connectivity index (χ3v) is 5.89. The van der Waals surface area contributed by atoms with Crippen LogP contribution in [0.25, 0.3) is 11.0 Å². The van der Waals surface area contributed by atoms with Crippen molar-refractivity contribution >= 4 is 22.8 Å². The van der Waals surface area contributed by atoms with Crippen molar-refractivity contribution < 1.29 is 14.7 Å². The molecule has 7 heteroatoms. The number of hydrogen-bond donors (Lipinski definition) is 3. The van der Waals surface area contributed by atoms with Gasteiger partial charge in [0, 0.05) is 36.1 Å². The minimum Gasteiger partial charge on any atom is -0.370 e. The predicted molar refractivity (Wildman–Crippen MR) is 119 cm³/mol. The van der Waals surface area contributed by atoms with E-state index in [1.165, 1.54) is 4.90 Å². The zero-order chi connectivity index (χ0) is 22.3. The summed E-state index contributed by atoms with van der Waals surface area (Å²) in [7, 11) is 0. The summed E-state index contributed by atoms with van der Waals surface area (Å²) in [5.74, 6) is 0.0314. The van der Waals surface area contributed by atoms with Crippen LogP contribution in [0.5, 0.6) is 0 Å². The molecular formula is C25H22N4O3. The molecule has 3 aromatic carbocycles. The Morgan fingerprint density at radius 2 is 1.81 bits per heavy atom. The molecule has 0 fully saturated rings. The molecule has 2 heterocycles. The number of aromatic amines is 1. The number of nitrogens with zero attached hydrogens (tertiary/aromatic N) is 2. The number of carbonyl (C=O) groups is 2. The van der Waals surface area contributed by atoms with Gasteiger partial charge in [0.05, 0.1) is 11.0 Å². The molecule has 4 N–H and O–H groups in total. The number of fused-ring (bicyclic) bond motifs is 2. The minimum absolute atomic E-state index is 0.198. The number of rotatable bonds is 6. The molecule has 0 spiro atoms. The smallest absolute Gasteiger partial charge is 0.257 e. The first kappa shape index (κ1) is 20.0. The van der Waals surface area contributed by atoms with Crippen LogP contribution in [-0.4, -0.2) is 31.8 Å². The Kier molecular flexibility index (Phi) is 4.75. The second-order valence-electron chi connectivity index (χ2n) is 7.98. The van der Waals surface area contributed by atoms with E-state index in [2.05, 4.69) is 9.97 Å². The van der Waals surface area contributed by atoms with E-state index in [0.29, 0.717) is 40.0 Å². The Hall–Kier alpha value is -3.97. The molecule has 1 unspecified atom stereocenters. The van der Waals surface area contributed by atoms with Gasteiger partial charge in [0.25, 0.3) is 5.91 Å². The van der Waals surface area contributed by atoms with Gasteiger partial charge in [0.2, 0.25) is 5.91 Å². The van der Waals surface area contributed by atoms with Crippen LogP contribution in [0.1, 0.15) is 39.3 Å². The second kappa shape index (κ2) is 7.62. The van der Waals surface area contributed by atoms with E-state index in [9.17, 15) is 14.7 Å². The molecule has 160 valence electrons. The Bertz CT molecular complexity index is 1330. The van der Waals surface area contributed by atoms with Crippen LogP contribution >= 0.6 is 0 Å². The van der Waals surface area contributed by atoms with Gasteiger partial charge in [-0.15, -0.1) is 0 Å². The van der Waals surface area contributed by atoms with Crippen LogP contribution in [-0.2, 0) is 23.5 Å². The van der Waals surface area contributed by atoms with E-state index >= 15 is 0 Å². The number of nitrogens with two attached hydrogens (primary N) is 1. The van der Waals surface area contributed by atoms with Crippen LogP contribution in [0, 0.1) is 0 Å². The van der Waals surface area contributed by atoms with Crippen LogP contribution in [0.4, 0.5) is 0 Å². The van der Waals surface area contributed by atoms with E-state index in [4.69, 9.17) is 5.73 Å². The molecule has 1 aliphatic heterocycles. The minimum atomic E-state index is -1.63. The third-order valence-electron chi connectivity index (χ3n) is 5.89. The van der Waals surface area contributed by atoms with E-state index in [-0.39, 0.29) is 18.9 Å². The van der Waals surface area contributed by atoms with Gasteiger partial charge >= 0.3 is 0 Å². The van der Waals surface area contributed by atoms with Crippen molar-refractivity contribution in [2.75, 3.05) is 0 Å². The maximum Gasteiger partial charge on any atom is 0.257 e. The van der Waals surface area contributed by atoms with Gasteiger partial charge in [-0.25, -0.2) is 4.98 Å². The summed E-state index contributed by atoms with van der Waals surface area (Å²) >= 11 is 0. The third kappa shape index (κ3) is 3.23. The first-order chi connectivity index (χ1) is 15.5. The average Bonchev–Trinajstić information content (AvgIpc) is 3.31. The maximum atomic E-state index is 13.3. The molecule has 0 saturated carbocycles. The van der Waals surface area contributed by atoms with Crippen molar-refractivity contribution in [3.05, 3.63) is 101 Å². The molecule has 5 rings (SSSR count). The summed E-state index contributed by atoms with van der Waals surface area (Å²) in [4.78, 5) is 33.6. The molecule has 1 atom stereocenters. The van der Waals surface area contributed by atoms with Crippen LogP contribution in [0.15, 0.2) is 72.8 Å². The number of hydrogen-bond acceptors (Lipinski definition) is 4. The summed E-state index contributed by atoms with van der Waals surface area (Å²) in [6.45, 7) is 0.260. The van der Waals surface area contributed by atoms with Gasteiger partial charge in [0.15, 0.2) is 5.72 Å². The molecule has 7 nitrogen and oxygen atoms in total. The summed E-state index contributed by atoms with van der Waals surface area (Å²) in [6.07, 6.45) is 0.606. The summed E-state index contributed by atoms with van der Waals surface area (Å²) in [5.41, 5.74) is 7.56. The number of imidazole rings is 1. The largest absolute Gasteiger partial charge is 0.370 e. The van der Waals surface area contributed by atoms with Gasteiger partial charge in [-0.1, -0.05) is 54.6 Å². The predicted octanol–water partition coefficient (Wildman–Crippen LogP) is 2.83. The lowest BCUT2D eigenvalue weighted by atomic mass is 9.93. The number of amides is 2. The molecule has 0 saturated heterocycles. The zero-order valence-electron chi connectivity index (χ0n) is 17.3. The lowest BCUT2D eigenvalue weighted by Gasteiger charge is -2.35. The molecule has 1 aliphatic rings. The van der Waals surface area contributed by atoms with Gasteiger partial charge in [-0.2, -0.15) is 0 Å². The number of carbonyl (C=O) groups excluding carboxylic acids is 2. The van der Waals surface area contributed by atoms with E-state index in [0.717, 1.165) is 5.56 Å². The summed E-state index contributed by atoms with van der Waals surface area (Å²) in [5, 5.41) is 12.1. The highest BCUT2D eigenvalue weighted by molar-refractivity contribution is 6.00. The number of primary amides is 1. The Morgan fingerprint density at radius 3 is 2.59 bits per heavy atom. The standard InChI is InChI=1S/C25H22N4O3/c26-22(30)12-13-23-27-20-11-10-17(14-21(20)28-23)25(32)19-9-5-4-8-18(19)24(31)29(25)15-16-6-2-1-3-7-16/h1-11,14,32H,12-13,15H2,(H2,26,30)(H,27,28). The van der Waals surface area contributed by atoms with E-state index in [1.54, 1.807) is 30.3 Å². The lowest BCUT2D eigenvalue weighted by Crippen LogP contribution is -2.44. The molecule has 0 bridgehead atoms. The molecule has 0 radical (unpaired) electrons. The SMILES string of the molecule is NC(=O)CCc1nc2ccc(C3(O)c4ccccc4C(=O)N3Cc3ccccc3)cc2[nH]1. The van der Waals surface area contributed by atoms with Gasteiger partial charge in [-0.05, 0) is 23.8 Å². The fourth-order valence-electron chi connectivity index (χ4n) is 4.31.